The van der Waals surface area contributed by atoms with Crippen LogP contribution in [0.25, 0.3) is 0 Å². The van der Waals surface area contributed by atoms with Gasteiger partial charge in [0.1, 0.15) is 5.82 Å². The summed E-state index contributed by atoms with van der Waals surface area (Å²) < 4.78 is 13.2. The lowest BCUT2D eigenvalue weighted by atomic mass is 9.94. The molecule has 0 radical (unpaired) electrons. The fraction of sp³-hybridized carbons (Fsp3) is 0.500. The van der Waals surface area contributed by atoms with Crippen LogP contribution in [0.5, 0.6) is 0 Å². The molecular weight excluding hydrogens is 225 g/mol. The zero-order chi connectivity index (χ0) is 13.0. The van der Waals surface area contributed by atoms with Gasteiger partial charge in [-0.05, 0) is 62.4 Å². The Morgan fingerprint density at radius 1 is 1.39 bits per heavy atom. The maximum Gasteiger partial charge on any atom is 0.123 e. The van der Waals surface area contributed by atoms with Crippen LogP contribution < -0.4 is 5.32 Å². The van der Waals surface area contributed by atoms with E-state index in [0.717, 1.165) is 24.9 Å². The molecule has 0 bridgehead atoms. The third-order valence-electron chi connectivity index (χ3n) is 3.59. The predicted octanol–water partition coefficient (Wildman–Crippen LogP) is 4.29. The summed E-state index contributed by atoms with van der Waals surface area (Å²) in [6, 6.07) is 5.40. The predicted molar refractivity (Wildman–Crippen MR) is 74.1 cm³/mol. The van der Waals surface area contributed by atoms with Gasteiger partial charge < -0.3 is 5.32 Å². The van der Waals surface area contributed by atoms with Crippen LogP contribution in [0.3, 0.4) is 0 Å². The van der Waals surface area contributed by atoms with E-state index in [-0.39, 0.29) is 11.9 Å². The highest BCUT2D eigenvalue weighted by Gasteiger charge is 2.20. The molecule has 0 saturated heterocycles. The number of halogens is 1. The lowest BCUT2D eigenvalue weighted by Crippen LogP contribution is -2.24. The maximum absolute atomic E-state index is 13.2. The number of hydrogen-bond donors (Lipinski definition) is 1. The molecule has 0 saturated carbocycles. The van der Waals surface area contributed by atoms with E-state index < -0.39 is 0 Å². The summed E-state index contributed by atoms with van der Waals surface area (Å²) in [6.45, 7) is 5.16. The van der Waals surface area contributed by atoms with Gasteiger partial charge in [0, 0.05) is 0 Å². The first-order valence-electron chi connectivity index (χ1n) is 6.90. The highest BCUT2D eigenvalue weighted by atomic mass is 19.1. The van der Waals surface area contributed by atoms with Crippen molar-refractivity contribution in [1.29, 1.82) is 0 Å². The highest BCUT2D eigenvalue weighted by molar-refractivity contribution is 5.36. The Balaban J connectivity index is 2.26. The van der Waals surface area contributed by atoms with Crippen LogP contribution in [0.1, 0.15) is 49.8 Å². The second kappa shape index (κ2) is 6.14. The van der Waals surface area contributed by atoms with Gasteiger partial charge in [-0.25, -0.2) is 4.39 Å². The minimum Gasteiger partial charge on any atom is -0.307 e. The van der Waals surface area contributed by atoms with E-state index >= 15 is 0 Å². The van der Waals surface area contributed by atoms with Gasteiger partial charge >= 0.3 is 0 Å². The number of nitrogens with one attached hydrogen (secondary N) is 1. The molecule has 1 nitrogen and oxygen atoms in total. The highest BCUT2D eigenvalue weighted by Crippen LogP contribution is 2.32. The smallest absolute Gasteiger partial charge is 0.123 e. The summed E-state index contributed by atoms with van der Waals surface area (Å²) in [6.07, 6.45) is 7.05. The van der Waals surface area contributed by atoms with Crippen LogP contribution in [0.15, 0.2) is 29.8 Å². The second-order valence-electron chi connectivity index (χ2n) is 5.06. The van der Waals surface area contributed by atoms with Crippen molar-refractivity contribution in [3.63, 3.8) is 0 Å². The minimum absolute atomic E-state index is 0.147. The molecule has 2 heteroatoms. The van der Waals surface area contributed by atoms with E-state index in [1.165, 1.54) is 24.0 Å². The number of hydrogen-bond acceptors (Lipinski definition) is 1. The van der Waals surface area contributed by atoms with Gasteiger partial charge in [-0.15, -0.1) is 0 Å². The molecule has 0 heterocycles. The molecule has 1 aromatic rings. The molecule has 0 aliphatic heterocycles. The monoisotopic (exact) mass is 247 g/mol. The molecule has 0 aromatic heterocycles. The standard InChI is InChI=1S/C16H22FN/c1-3-10-18-16(13-6-4-5-7-13)15-9-8-14(17)11-12(15)2/h6,8-9,11,16,18H,3-5,7,10H2,1-2H3. The average molecular weight is 247 g/mol. The molecule has 0 fully saturated rings. The summed E-state index contributed by atoms with van der Waals surface area (Å²) >= 11 is 0. The van der Waals surface area contributed by atoms with Gasteiger partial charge in [0.2, 0.25) is 0 Å². The topological polar surface area (TPSA) is 12.0 Å². The first-order chi connectivity index (χ1) is 8.72. The quantitative estimate of drug-likeness (QED) is 0.766. The van der Waals surface area contributed by atoms with Crippen LogP contribution in [0.2, 0.25) is 0 Å². The Kier molecular flexibility index (Phi) is 4.54. The Bertz CT molecular complexity index is 437. The van der Waals surface area contributed by atoms with Gasteiger partial charge in [0.25, 0.3) is 0 Å². The van der Waals surface area contributed by atoms with Gasteiger partial charge in [-0.1, -0.05) is 24.6 Å². The van der Waals surface area contributed by atoms with Crippen molar-refractivity contribution in [2.24, 2.45) is 0 Å². The van der Waals surface area contributed by atoms with Crippen LogP contribution in [0.4, 0.5) is 4.39 Å². The molecular formula is C16H22FN. The molecule has 0 spiro atoms. The maximum atomic E-state index is 13.2. The molecule has 98 valence electrons. The van der Waals surface area contributed by atoms with E-state index in [1.807, 2.05) is 13.0 Å². The van der Waals surface area contributed by atoms with E-state index in [0.29, 0.717) is 0 Å². The molecule has 1 aliphatic rings. The number of rotatable bonds is 5. The molecule has 18 heavy (non-hydrogen) atoms. The molecule has 1 N–H and O–H groups in total. The van der Waals surface area contributed by atoms with Gasteiger partial charge in [0.05, 0.1) is 6.04 Å². The zero-order valence-electron chi connectivity index (χ0n) is 11.3. The summed E-state index contributed by atoms with van der Waals surface area (Å²) in [7, 11) is 0. The Morgan fingerprint density at radius 3 is 2.83 bits per heavy atom. The Hall–Kier alpha value is -1.15. The minimum atomic E-state index is -0.147. The Labute approximate surface area is 109 Å². The van der Waals surface area contributed by atoms with E-state index in [1.54, 1.807) is 12.1 Å². The molecule has 1 atom stereocenters. The normalized spacial score (nSPS) is 16.7. The van der Waals surface area contributed by atoms with Gasteiger partial charge in [0.15, 0.2) is 0 Å². The van der Waals surface area contributed by atoms with Crippen molar-refractivity contribution in [2.45, 2.75) is 45.6 Å². The molecule has 2 rings (SSSR count). The van der Waals surface area contributed by atoms with Crippen molar-refractivity contribution in [2.75, 3.05) is 6.54 Å². The fourth-order valence-corrected chi connectivity index (χ4v) is 2.65. The number of benzene rings is 1. The zero-order valence-corrected chi connectivity index (χ0v) is 11.3. The lowest BCUT2D eigenvalue weighted by molar-refractivity contribution is 0.572. The van der Waals surface area contributed by atoms with Crippen molar-refractivity contribution in [1.82, 2.24) is 5.32 Å². The van der Waals surface area contributed by atoms with Crippen LogP contribution in [-0.2, 0) is 0 Å². The Morgan fingerprint density at radius 2 is 2.22 bits per heavy atom. The van der Waals surface area contributed by atoms with Crippen LogP contribution in [0, 0.1) is 12.7 Å². The third-order valence-corrected chi connectivity index (χ3v) is 3.59. The SMILES string of the molecule is CCCNC(C1=CCCC1)c1ccc(F)cc1C. The number of aryl methyl sites for hydroxylation is 1. The molecule has 1 unspecified atom stereocenters. The molecule has 1 aromatic carbocycles. The van der Waals surface area contributed by atoms with Crippen molar-refractivity contribution in [3.05, 3.63) is 46.8 Å². The van der Waals surface area contributed by atoms with E-state index in [9.17, 15) is 4.39 Å². The van der Waals surface area contributed by atoms with Crippen molar-refractivity contribution >= 4 is 0 Å². The molecule has 1 aliphatic carbocycles. The molecule has 0 amide bonds. The van der Waals surface area contributed by atoms with Gasteiger partial charge in [-0.3, -0.25) is 0 Å². The van der Waals surface area contributed by atoms with Gasteiger partial charge in [-0.2, -0.15) is 0 Å². The average Bonchev–Trinajstić information content (AvgIpc) is 2.85. The number of allylic oxidation sites excluding steroid dienone is 1. The first-order valence-corrected chi connectivity index (χ1v) is 6.90. The summed E-state index contributed by atoms with van der Waals surface area (Å²) in [4.78, 5) is 0. The summed E-state index contributed by atoms with van der Waals surface area (Å²) in [5.74, 6) is -0.147. The van der Waals surface area contributed by atoms with Crippen molar-refractivity contribution < 1.29 is 4.39 Å². The summed E-state index contributed by atoms with van der Waals surface area (Å²) in [5.41, 5.74) is 3.73. The van der Waals surface area contributed by atoms with Crippen LogP contribution in [-0.4, -0.2) is 6.54 Å². The largest absolute Gasteiger partial charge is 0.307 e. The third kappa shape index (κ3) is 2.99. The fourth-order valence-electron chi connectivity index (χ4n) is 2.65. The lowest BCUT2D eigenvalue weighted by Gasteiger charge is -2.22. The summed E-state index contributed by atoms with van der Waals surface area (Å²) in [5, 5.41) is 3.60. The van der Waals surface area contributed by atoms with Crippen LogP contribution >= 0.6 is 0 Å². The van der Waals surface area contributed by atoms with E-state index in [2.05, 4.69) is 18.3 Å². The van der Waals surface area contributed by atoms with Crippen molar-refractivity contribution in [3.8, 4) is 0 Å². The first kappa shape index (κ1) is 13.3. The second-order valence-corrected chi connectivity index (χ2v) is 5.06. The van der Waals surface area contributed by atoms with E-state index in [4.69, 9.17) is 0 Å².